The van der Waals surface area contributed by atoms with E-state index < -0.39 is 12.3 Å². The van der Waals surface area contributed by atoms with Crippen molar-refractivity contribution in [2.45, 2.75) is 12.3 Å². The first-order valence-corrected chi connectivity index (χ1v) is 6.23. The van der Waals surface area contributed by atoms with E-state index in [4.69, 9.17) is 27.9 Å². The Kier molecular flexibility index (Phi) is 3.53. The second-order valence-electron chi connectivity index (χ2n) is 3.34. The minimum atomic E-state index is -4.46. The summed E-state index contributed by atoms with van der Waals surface area (Å²) in [5, 5.41) is 0.486. The molecule has 0 aliphatic carbocycles. The third kappa shape index (κ3) is 2.51. The molecule has 0 spiro atoms. The second kappa shape index (κ2) is 4.51. The quantitative estimate of drug-likeness (QED) is 0.447. The van der Waals surface area contributed by atoms with Crippen molar-refractivity contribution in [1.29, 1.82) is 0 Å². The monoisotopic (exact) mass is 394 g/mol. The zero-order valence-electron chi connectivity index (χ0n) is 7.99. The van der Waals surface area contributed by atoms with Crippen molar-refractivity contribution in [3.05, 3.63) is 31.3 Å². The number of benzene rings is 1. The summed E-state index contributed by atoms with van der Waals surface area (Å²) in [4.78, 5) is 0. The van der Waals surface area contributed by atoms with Gasteiger partial charge in [0.15, 0.2) is 0 Å². The van der Waals surface area contributed by atoms with Gasteiger partial charge in [-0.2, -0.15) is 13.2 Å². The molecule has 0 radical (unpaired) electrons. The molecule has 0 saturated carbocycles. The van der Waals surface area contributed by atoms with Crippen LogP contribution in [0.2, 0.25) is 10.0 Å². The maximum Gasteiger partial charge on any atom is 0.429 e. The number of hydrogen-bond donors (Lipinski definition) is 0. The van der Waals surface area contributed by atoms with Crippen LogP contribution in [0.5, 0.6) is 5.75 Å². The molecular weight excluding hydrogens is 391 g/mol. The van der Waals surface area contributed by atoms with Gasteiger partial charge in [-0.05, 0) is 34.7 Å². The first kappa shape index (κ1) is 13.3. The lowest BCUT2D eigenvalue weighted by atomic mass is 10.1. The molecule has 1 atom stereocenters. The van der Waals surface area contributed by atoms with Crippen LogP contribution in [0.3, 0.4) is 0 Å². The molecule has 0 bridgehead atoms. The van der Waals surface area contributed by atoms with Gasteiger partial charge >= 0.3 is 6.18 Å². The highest BCUT2D eigenvalue weighted by atomic mass is 127. The van der Waals surface area contributed by atoms with Crippen LogP contribution in [0.1, 0.15) is 5.56 Å². The molecule has 1 nitrogen and oxygen atoms in total. The van der Waals surface area contributed by atoms with E-state index >= 15 is 0 Å². The first-order chi connectivity index (χ1) is 7.80. The minimum Gasteiger partial charge on any atom is -0.475 e. The van der Waals surface area contributed by atoms with Gasteiger partial charge in [0.1, 0.15) is 5.75 Å². The molecule has 2 rings (SSSR count). The average molecular weight is 395 g/mol. The van der Waals surface area contributed by atoms with Crippen LogP contribution in [0.15, 0.2) is 12.1 Å². The third-order valence-electron chi connectivity index (χ3n) is 2.16. The number of hydrogen-bond acceptors (Lipinski definition) is 1. The van der Waals surface area contributed by atoms with Gasteiger partial charge < -0.3 is 4.74 Å². The van der Waals surface area contributed by atoms with Crippen LogP contribution < -0.4 is 4.74 Å². The van der Waals surface area contributed by atoms with Gasteiger partial charge in [-0.15, -0.1) is 0 Å². The smallest absolute Gasteiger partial charge is 0.429 e. The van der Waals surface area contributed by atoms with E-state index in [9.17, 15) is 13.2 Å². The highest BCUT2D eigenvalue weighted by molar-refractivity contribution is 14.1. The Hall–Kier alpha value is -0.140. The largest absolute Gasteiger partial charge is 0.475 e. The summed E-state index contributed by atoms with van der Waals surface area (Å²) in [7, 11) is 0. The number of alkyl halides is 3. The fourth-order valence-corrected chi connectivity index (χ4v) is 2.29. The van der Waals surface area contributed by atoms with E-state index in [0.29, 0.717) is 14.2 Å². The van der Waals surface area contributed by atoms with Crippen LogP contribution >= 0.6 is 45.8 Å². The van der Waals surface area contributed by atoms with E-state index in [0.717, 1.165) is 6.08 Å². The standard InChI is InChI=1S/C10H4Cl2F3IO/c11-5-3-4-1-2-6(10(13,14)15)17-9(4)7(12)8(5)16/h1-3,6H. The molecule has 0 fully saturated rings. The van der Waals surface area contributed by atoms with E-state index in [1.54, 1.807) is 0 Å². The number of fused-ring (bicyclic) bond motifs is 1. The lowest BCUT2D eigenvalue weighted by molar-refractivity contribution is -0.180. The summed E-state index contributed by atoms with van der Waals surface area (Å²) < 4.78 is 42.8. The maximum atomic E-state index is 12.5. The van der Waals surface area contributed by atoms with Gasteiger partial charge in [-0.1, -0.05) is 29.3 Å². The zero-order chi connectivity index (χ0) is 12.8. The molecule has 92 valence electrons. The van der Waals surface area contributed by atoms with Crippen molar-refractivity contribution in [1.82, 2.24) is 0 Å². The van der Waals surface area contributed by atoms with Crippen molar-refractivity contribution in [3.8, 4) is 5.75 Å². The molecule has 0 saturated heterocycles. The molecule has 17 heavy (non-hydrogen) atoms. The lowest BCUT2D eigenvalue weighted by Gasteiger charge is -2.24. The lowest BCUT2D eigenvalue weighted by Crippen LogP contribution is -2.34. The summed E-state index contributed by atoms with van der Waals surface area (Å²) in [5.74, 6) is 0.0188. The summed E-state index contributed by atoms with van der Waals surface area (Å²) in [5.41, 5.74) is 0.445. The first-order valence-electron chi connectivity index (χ1n) is 4.40. The second-order valence-corrected chi connectivity index (χ2v) is 5.21. The Morgan fingerprint density at radius 2 is 1.94 bits per heavy atom. The molecule has 1 aromatic rings. The molecule has 0 amide bonds. The summed E-state index contributed by atoms with van der Waals surface area (Å²) in [6, 6.07) is 1.52. The summed E-state index contributed by atoms with van der Waals surface area (Å²) in [6.07, 6.45) is -4.18. The van der Waals surface area contributed by atoms with Crippen molar-refractivity contribution < 1.29 is 17.9 Å². The van der Waals surface area contributed by atoms with E-state index in [1.165, 1.54) is 12.1 Å². The van der Waals surface area contributed by atoms with Gasteiger partial charge in [0, 0.05) is 5.56 Å². The Morgan fingerprint density at radius 1 is 1.29 bits per heavy atom. The Morgan fingerprint density at radius 3 is 2.53 bits per heavy atom. The van der Waals surface area contributed by atoms with Crippen LogP contribution in [0.4, 0.5) is 13.2 Å². The van der Waals surface area contributed by atoms with E-state index in [1.807, 2.05) is 22.6 Å². The van der Waals surface area contributed by atoms with E-state index in [-0.39, 0.29) is 10.8 Å². The van der Waals surface area contributed by atoms with Crippen LogP contribution in [0, 0.1) is 3.57 Å². The van der Waals surface area contributed by atoms with Crippen molar-refractivity contribution in [2.24, 2.45) is 0 Å². The SMILES string of the molecule is FC(F)(F)C1C=Cc2cc(Cl)c(I)c(Cl)c2O1. The predicted octanol–water partition coefficient (Wildman–Crippen LogP) is 4.93. The Bertz CT molecular complexity index is 499. The zero-order valence-corrected chi connectivity index (χ0v) is 11.7. The summed E-state index contributed by atoms with van der Waals surface area (Å²) in [6.45, 7) is 0. The molecule has 1 aromatic carbocycles. The maximum absolute atomic E-state index is 12.5. The molecule has 1 unspecified atom stereocenters. The molecular formula is C10H4Cl2F3IO. The Balaban J connectivity index is 2.48. The van der Waals surface area contributed by atoms with Crippen molar-refractivity contribution in [3.63, 3.8) is 0 Å². The Labute approximate surface area is 119 Å². The van der Waals surface area contributed by atoms with Crippen LogP contribution in [0.25, 0.3) is 6.08 Å². The molecule has 0 aromatic heterocycles. The molecule has 1 aliphatic heterocycles. The van der Waals surface area contributed by atoms with Gasteiger partial charge in [0.25, 0.3) is 0 Å². The third-order valence-corrected chi connectivity index (χ3v) is 4.58. The van der Waals surface area contributed by atoms with Crippen LogP contribution in [-0.4, -0.2) is 12.3 Å². The fourth-order valence-electron chi connectivity index (χ4n) is 1.37. The van der Waals surface area contributed by atoms with E-state index in [2.05, 4.69) is 0 Å². The number of ether oxygens (including phenoxy) is 1. The predicted molar refractivity (Wildman–Crippen MR) is 68.7 cm³/mol. The molecule has 1 heterocycles. The number of halogens is 6. The molecule has 0 N–H and O–H groups in total. The fraction of sp³-hybridized carbons (Fsp3) is 0.200. The van der Waals surface area contributed by atoms with Gasteiger partial charge in [-0.3, -0.25) is 0 Å². The van der Waals surface area contributed by atoms with Gasteiger partial charge in [0.05, 0.1) is 13.6 Å². The minimum absolute atomic E-state index is 0.0188. The molecule has 7 heteroatoms. The summed E-state index contributed by atoms with van der Waals surface area (Å²) >= 11 is 13.6. The molecule has 1 aliphatic rings. The number of rotatable bonds is 0. The highest BCUT2D eigenvalue weighted by Crippen LogP contribution is 2.42. The van der Waals surface area contributed by atoms with Crippen molar-refractivity contribution in [2.75, 3.05) is 0 Å². The van der Waals surface area contributed by atoms with Crippen molar-refractivity contribution >= 4 is 51.9 Å². The average Bonchev–Trinajstić information content (AvgIpc) is 2.24. The van der Waals surface area contributed by atoms with Gasteiger partial charge in [-0.25, -0.2) is 0 Å². The topological polar surface area (TPSA) is 9.23 Å². The van der Waals surface area contributed by atoms with Gasteiger partial charge in [0.2, 0.25) is 6.10 Å². The van der Waals surface area contributed by atoms with Crippen LogP contribution in [-0.2, 0) is 0 Å². The highest BCUT2D eigenvalue weighted by Gasteiger charge is 2.42. The normalized spacial score (nSPS) is 18.8.